The number of aryl methyl sites for hydroxylation is 2. The zero-order valence-electron chi connectivity index (χ0n) is 11.7. The van der Waals surface area contributed by atoms with Gasteiger partial charge in [-0.25, -0.2) is 9.78 Å². The van der Waals surface area contributed by atoms with Gasteiger partial charge in [-0.15, -0.1) is 0 Å². The summed E-state index contributed by atoms with van der Waals surface area (Å²) in [6.45, 7) is 5.90. The predicted molar refractivity (Wildman–Crippen MR) is 77.0 cm³/mol. The van der Waals surface area contributed by atoms with Crippen LogP contribution in [0.5, 0.6) is 0 Å². The second-order valence-electron chi connectivity index (χ2n) is 4.35. The Bertz CT molecular complexity index is 634. The normalized spacial score (nSPS) is 10.6. The Morgan fingerprint density at radius 3 is 2.75 bits per heavy atom. The Kier molecular flexibility index (Phi) is 4.45. The van der Waals surface area contributed by atoms with E-state index in [4.69, 9.17) is 20.8 Å². The van der Waals surface area contributed by atoms with Crippen LogP contribution in [-0.4, -0.2) is 17.6 Å². The number of nitrogens with zero attached hydrogens (tertiary/aromatic N) is 1. The second-order valence-corrected chi connectivity index (χ2v) is 4.76. The quantitative estimate of drug-likeness (QED) is 0.798. The van der Waals surface area contributed by atoms with Crippen LogP contribution in [0.4, 0.5) is 0 Å². The lowest BCUT2D eigenvalue weighted by Crippen LogP contribution is -2.05. The van der Waals surface area contributed by atoms with Gasteiger partial charge in [-0.05, 0) is 38.0 Å². The minimum absolute atomic E-state index is 0.154. The van der Waals surface area contributed by atoms with Crippen molar-refractivity contribution in [3.05, 3.63) is 40.2 Å². The van der Waals surface area contributed by atoms with E-state index in [-0.39, 0.29) is 5.76 Å². The standard InChI is InChI=1S/C15H16ClNO3/c1-4-12-13(15(18)19-5-2)20-14(17-12)10-7-6-9(3)8-11(10)16/h6-8H,4-5H2,1-3H3. The minimum atomic E-state index is -0.494. The third-order valence-electron chi connectivity index (χ3n) is 2.85. The van der Waals surface area contributed by atoms with Crippen LogP contribution in [0.25, 0.3) is 11.5 Å². The van der Waals surface area contributed by atoms with E-state index in [1.54, 1.807) is 6.92 Å². The van der Waals surface area contributed by atoms with Gasteiger partial charge in [0.2, 0.25) is 11.7 Å². The molecule has 0 saturated carbocycles. The molecule has 0 N–H and O–H groups in total. The van der Waals surface area contributed by atoms with Gasteiger partial charge in [0.25, 0.3) is 0 Å². The molecular formula is C15H16ClNO3. The number of hydrogen-bond donors (Lipinski definition) is 0. The zero-order valence-corrected chi connectivity index (χ0v) is 12.5. The van der Waals surface area contributed by atoms with Crippen molar-refractivity contribution in [3.8, 4) is 11.5 Å². The summed E-state index contributed by atoms with van der Waals surface area (Å²) in [7, 11) is 0. The third-order valence-corrected chi connectivity index (χ3v) is 3.16. The first-order valence-electron chi connectivity index (χ1n) is 6.50. The Morgan fingerprint density at radius 1 is 1.40 bits per heavy atom. The fourth-order valence-corrected chi connectivity index (χ4v) is 2.17. The molecule has 1 heterocycles. The van der Waals surface area contributed by atoms with E-state index in [0.29, 0.717) is 35.2 Å². The predicted octanol–water partition coefficient (Wildman–Crippen LogP) is 4.04. The molecule has 0 bridgehead atoms. The van der Waals surface area contributed by atoms with Gasteiger partial charge in [-0.1, -0.05) is 24.6 Å². The van der Waals surface area contributed by atoms with E-state index in [2.05, 4.69) is 4.98 Å². The van der Waals surface area contributed by atoms with Crippen molar-refractivity contribution < 1.29 is 13.9 Å². The highest BCUT2D eigenvalue weighted by Gasteiger charge is 2.21. The lowest BCUT2D eigenvalue weighted by molar-refractivity contribution is 0.0489. The average Bonchev–Trinajstić information content (AvgIpc) is 2.83. The van der Waals surface area contributed by atoms with E-state index in [1.165, 1.54) is 0 Å². The molecule has 20 heavy (non-hydrogen) atoms. The summed E-state index contributed by atoms with van der Waals surface area (Å²) < 4.78 is 10.5. The Labute approximate surface area is 122 Å². The molecule has 0 atom stereocenters. The van der Waals surface area contributed by atoms with Crippen LogP contribution in [0, 0.1) is 6.92 Å². The van der Waals surface area contributed by atoms with Gasteiger partial charge in [0, 0.05) is 0 Å². The largest absolute Gasteiger partial charge is 0.460 e. The van der Waals surface area contributed by atoms with Gasteiger partial charge in [0.15, 0.2) is 0 Å². The first-order valence-corrected chi connectivity index (χ1v) is 6.88. The Morgan fingerprint density at radius 2 is 2.15 bits per heavy atom. The number of esters is 1. The summed E-state index contributed by atoms with van der Waals surface area (Å²) in [5.41, 5.74) is 2.30. The summed E-state index contributed by atoms with van der Waals surface area (Å²) in [5.74, 6) is 0.00206. The number of rotatable bonds is 4. The van der Waals surface area contributed by atoms with Gasteiger partial charge in [0.05, 0.1) is 22.9 Å². The monoisotopic (exact) mass is 293 g/mol. The molecule has 0 aliphatic heterocycles. The molecule has 0 amide bonds. The van der Waals surface area contributed by atoms with E-state index >= 15 is 0 Å². The fourth-order valence-electron chi connectivity index (χ4n) is 1.86. The molecule has 5 heteroatoms. The first kappa shape index (κ1) is 14.6. The molecule has 0 spiro atoms. The molecule has 4 nitrogen and oxygen atoms in total. The van der Waals surface area contributed by atoms with Crippen molar-refractivity contribution in [2.24, 2.45) is 0 Å². The van der Waals surface area contributed by atoms with E-state index in [0.717, 1.165) is 5.56 Å². The van der Waals surface area contributed by atoms with Crippen molar-refractivity contribution in [2.75, 3.05) is 6.61 Å². The summed E-state index contributed by atoms with van der Waals surface area (Å²) in [4.78, 5) is 16.2. The van der Waals surface area contributed by atoms with Gasteiger partial charge < -0.3 is 9.15 Å². The van der Waals surface area contributed by atoms with Crippen LogP contribution >= 0.6 is 11.6 Å². The van der Waals surface area contributed by atoms with Crippen LogP contribution in [0.1, 0.15) is 35.7 Å². The van der Waals surface area contributed by atoms with Gasteiger partial charge >= 0.3 is 5.97 Å². The SMILES string of the molecule is CCOC(=O)c1oc(-c2ccc(C)cc2Cl)nc1CC. The number of aromatic nitrogens is 1. The highest BCUT2D eigenvalue weighted by Crippen LogP contribution is 2.30. The van der Waals surface area contributed by atoms with Gasteiger partial charge in [-0.2, -0.15) is 0 Å². The van der Waals surface area contributed by atoms with Crippen molar-refractivity contribution >= 4 is 17.6 Å². The second kappa shape index (κ2) is 6.09. The summed E-state index contributed by atoms with van der Waals surface area (Å²) in [6, 6.07) is 5.58. The number of carbonyl (C=O) groups is 1. The lowest BCUT2D eigenvalue weighted by atomic mass is 10.1. The molecule has 2 aromatic rings. The first-order chi connectivity index (χ1) is 9.56. The van der Waals surface area contributed by atoms with E-state index < -0.39 is 5.97 Å². The van der Waals surface area contributed by atoms with Crippen LogP contribution < -0.4 is 0 Å². The lowest BCUT2D eigenvalue weighted by Gasteiger charge is -2.00. The molecule has 0 saturated heterocycles. The van der Waals surface area contributed by atoms with Crippen LogP contribution in [0.3, 0.4) is 0 Å². The molecule has 1 aromatic heterocycles. The Hall–Kier alpha value is -1.81. The molecule has 0 unspecified atom stereocenters. The number of hydrogen-bond acceptors (Lipinski definition) is 4. The van der Waals surface area contributed by atoms with Crippen LogP contribution in [-0.2, 0) is 11.2 Å². The number of halogens is 1. The molecule has 0 fully saturated rings. The van der Waals surface area contributed by atoms with Gasteiger partial charge in [-0.3, -0.25) is 0 Å². The number of oxazole rings is 1. The molecule has 1 aromatic carbocycles. The summed E-state index contributed by atoms with van der Waals surface area (Å²) >= 11 is 6.19. The maximum atomic E-state index is 11.8. The fraction of sp³-hybridized carbons (Fsp3) is 0.333. The number of benzene rings is 1. The maximum absolute atomic E-state index is 11.8. The number of carbonyl (C=O) groups excluding carboxylic acids is 1. The van der Waals surface area contributed by atoms with Crippen LogP contribution in [0.2, 0.25) is 5.02 Å². The molecule has 2 rings (SSSR count). The van der Waals surface area contributed by atoms with E-state index in [1.807, 2.05) is 32.0 Å². The molecule has 106 valence electrons. The highest BCUT2D eigenvalue weighted by atomic mass is 35.5. The van der Waals surface area contributed by atoms with Crippen molar-refractivity contribution in [1.29, 1.82) is 0 Å². The van der Waals surface area contributed by atoms with Gasteiger partial charge in [0.1, 0.15) is 0 Å². The summed E-state index contributed by atoms with van der Waals surface area (Å²) in [5, 5.41) is 0.546. The van der Waals surface area contributed by atoms with Crippen LogP contribution in [0.15, 0.2) is 22.6 Å². The molecule has 0 aliphatic carbocycles. The smallest absolute Gasteiger partial charge is 0.376 e. The minimum Gasteiger partial charge on any atom is -0.460 e. The maximum Gasteiger partial charge on any atom is 0.376 e. The third kappa shape index (κ3) is 2.85. The topological polar surface area (TPSA) is 52.3 Å². The number of ether oxygens (including phenoxy) is 1. The molecule has 0 aliphatic rings. The summed E-state index contributed by atoms with van der Waals surface area (Å²) in [6.07, 6.45) is 0.584. The highest BCUT2D eigenvalue weighted by molar-refractivity contribution is 6.33. The molecule has 0 radical (unpaired) electrons. The molecular weight excluding hydrogens is 278 g/mol. The Balaban J connectivity index is 2.45. The van der Waals surface area contributed by atoms with Crippen molar-refractivity contribution in [3.63, 3.8) is 0 Å². The average molecular weight is 294 g/mol. The van der Waals surface area contributed by atoms with Crippen molar-refractivity contribution in [1.82, 2.24) is 4.98 Å². The zero-order chi connectivity index (χ0) is 14.7. The van der Waals surface area contributed by atoms with E-state index in [9.17, 15) is 4.79 Å². The van der Waals surface area contributed by atoms with Crippen molar-refractivity contribution in [2.45, 2.75) is 27.2 Å².